The maximum absolute atomic E-state index is 11.0. The molecule has 0 radical (unpaired) electrons. The van der Waals surface area contributed by atoms with Crippen molar-refractivity contribution in [1.29, 1.82) is 0 Å². The Hall–Kier alpha value is -2.48. The van der Waals surface area contributed by atoms with Gasteiger partial charge in [-0.1, -0.05) is 0 Å². The van der Waals surface area contributed by atoms with Crippen molar-refractivity contribution >= 4 is 28.6 Å². The fourth-order valence-corrected chi connectivity index (χ4v) is 2.53. The molecule has 0 unspecified atom stereocenters. The van der Waals surface area contributed by atoms with Crippen LogP contribution in [0.2, 0.25) is 0 Å². The van der Waals surface area contributed by atoms with Gasteiger partial charge in [-0.15, -0.1) is 10.2 Å². The minimum Gasteiger partial charge on any atom is -0.478 e. The number of aromatic nitrogens is 5. The number of hydrogen-bond acceptors (Lipinski definition) is 6. The van der Waals surface area contributed by atoms with Crippen LogP contribution in [0, 0.1) is 0 Å². The number of hydrogen-bond donors (Lipinski definition) is 1. The lowest BCUT2D eigenvalue weighted by atomic mass is 10.1. The Bertz CT molecular complexity index is 801. The van der Waals surface area contributed by atoms with Crippen LogP contribution in [0.15, 0.2) is 41.0 Å². The number of aromatic carboxylic acids is 1. The summed E-state index contributed by atoms with van der Waals surface area (Å²) < 4.78 is 1.78. The number of carboxylic acid groups (broad SMARTS) is 1. The van der Waals surface area contributed by atoms with Crippen molar-refractivity contribution in [3.63, 3.8) is 0 Å². The average molecular weight is 287 g/mol. The van der Waals surface area contributed by atoms with Crippen LogP contribution in [-0.2, 0) is 7.05 Å². The zero-order chi connectivity index (χ0) is 14.1. The molecule has 1 N–H and O–H groups in total. The Labute approximate surface area is 117 Å². The first-order valence-electron chi connectivity index (χ1n) is 5.65. The van der Waals surface area contributed by atoms with Crippen LogP contribution in [0.4, 0.5) is 0 Å². The Morgan fingerprint density at radius 3 is 2.90 bits per heavy atom. The van der Waals surface area contributed by atoms with Crippen molar-refractivity contribution in [2.24, 2.45) is 7.05 Å². The van der Waals surface area contributed by atoms with Gasteiger partial charge in [-0.3, -0.25) is 0 Å². The molecule has 100 valence electrons. The van der Waals surface area contributed by atoms with E-state index in [1.165, 1.54) is 30.2 Å². The summed E-state index contributed by atoms with van der Waals surface area (Å²) in [6.07, 6.45) is 3.01. The molecule has 0 spiro atoms. The highest BCUT2D eigenvalue weighted by atomic mass is 32.2. The number of rotatable bonds is 3. The molecule has 0 amide bonds. The molecule has 0 saturated heterocycles. The van der Waals surface area contributed by atoms with Crippen molar-refractivity contribution in [3.8, 4) is 0 Å². The van der Waals surface area contributed by atoms with Gasteiger partial charge in [0.2, 0.25) is 0 Å². The van der Waals surface area contributed by atoms with Crippen molar-refractivity contribution in [3.05, 3.63) is 36.4 Å². The molecular weight excluding hydrogens is 278 g/mol. The van der Waals surface area contributed by atoms with Gasteiger partial charge in [0, 0.05) is 12.4 Å². The van der Waals surface area contributed by atoms with Crippen LogP contribution in [0.25, 0.3) is 10.9 Å². The molecule has 2 heterocycles. The van der Waals surface area contributed by atoms with Crippen LogP contribution >= 0.6 is 11.8 Å². The fraction of sp³-hybridized carbons (Fsp3) is 0.0833. The van der Waals surface area contributed by atoms with Gasteiger partial charge in [-0.25, -0.2) is 14.8 Å². The number of carbonyl (C=O) groups is 1. The van der Waals surface area contributed by atoms with E-state index in [9.17, 15) is 4.79 Å². The maximum Gasteiger partial charge on any atom is 0.335 e. The first kappa shape index (κ1) is 12.5. The normalized spacial score (nSPS) is 10.8. The van der Waals surface area contributed by atoms with E-state index in [-0.39, 0.29) is 5.56 Å². The lowest BCUT2D eigenvalue weighted by Crippen LogP contribution is -1.97. The van der Waals surface area contributed by atoms with Crippen LogP contribution in [0.3, 0.4) is 0 Å². The van der Waals surface area contributed by atoms with E-state index in [4.69, 9.17) is 5.11 Å². The van der Waals surface area contributed by atoms with Crippen molar-refractivity contribution in [2.75, 3.05) is 0 Å². The van der Waals surface area contributed by atoms with E-state index in [1.54, 1.807) is 17.0 Å². The number of carboxylic acids is 1. The maximum atomic E-state index is 11.0. The van der Waals surface area contributed by atoms with E-state index in [0.717, 1.165) is 5.39 Å². The second-order valence-electron chi connectivity index (χ2n) is 4.04. The van der Waals surface area contributed by atoms with Crippen LogP contribution in [0.1, 0.15) is 10.4 Å². The Morgan fingerprint density at radius 2 is 2.20 bits per heavy atom. The molecule has 0 aliphatic rings. The van der Waals surface area contributed by atoms with E-state index in [2.05, 4.69) is 20.2 Å². The second-order valence-corrected chi connectivity index (χ2v) is 5.00. The highest BCUT2D eigenvalue weighted by molar-refractivity contribution is 7.99. The van der Waals surface area contributed by atoms with Crippen LogP contribution < -0.4 is 0 Å². The molecule has 2 aromatic heterocycles. The SMILES string of the molecule is Cn1cnnc1Sc1ncnc2cc(C(=O)O)ccc12. The molecule has 3 aromatic rings. The van der Waals surface area contributed by atoms with E-state index in [0.29, 0.717) is 15.7 Å². The molecule has 0 bridgehead atoms. The van der Waals surface area contributed by atoms with Gasteiger partial charge in [0.15, 0.2) is 5.16 Å². The highest BCUT2D eigenvalue weighted by Crippen LogP contribution is 2.29. The number of nitrogens with zero attached hydrogens (tertiary/aromatic N) is 5. The molecule has 3 rings (SSSR count). The van der Waals surface area contributed by atoms with Crippen LogP contribution in [-0.4, -0.2) is 35.8 Å². The third-order valence-electron chi connectivity index (χ3n) is 2.70. The van der Waals surface area contributed by atoms with E-state index < -0.39 is 5.97 Å². The summed E-state index contributed by atoms with van der Waals surface area (Å²) in [6, 6.07) is 4.77. The molecule has 1 aromatic carbocycles. The summed E-state index contributed by atoms with van der Waals surface area (Å²) in [4.78, 5) is 19.3. The Balaban J connectivity index is 2.08. The first-order chi connectivity index (χ1) is 9.65. The standard InChI is InChI=1S/C12H9N5O2S/c1-17-6-15-16-12(17)20-10-8-3-2-7(11(18)19)4-9(8)13-5-14-10/h2-6H,1H3,(H,18,19). The number of aryl methyl sites for hydroxylation is 1. The van der Waals surface area contributed by atoms with Gasteiger partial charge in [0.1, 0.15) is 17.7 Å². The molecule has 0 atom stereocenters. The monoisotopic (exact) mass is 287 g/mol. The quantitative estimate of drug-likeness (QED) is 0.731. The topological polar surface area (TPSA) is 93.8 Å². The third kappa shape index (κ3) is 2.21. The summed E-state index contributed by atoms with van der Waals surface area (Å²) in [5, 5.41) is 19.0. The van der Waals surface area contributed by atoms with Gasteiger partial charge < -0.3 is 9.67 Å². The van der Waals surface area contributed by atoms with E-state index in [1.807, 2.05) is 7.05 Å². The zero-order valence-electron chi connectivity index (χ0n) is 10.4. The number of benzene rings is 1. The third-order valence-corrected chi connectivity index (χ3v) is 3.78. The molecule has 0 aliphatic heterocycles. The minimum absolute atomic E-state index is 0.200. The van der Waals surface area contributed by atoms with Gasteiger partial charge >= 0.3 is 5.97 Å². The predicted octanol–water partition coefficient (Wildman–Crippen LogP) is 1.61. The molecule has 20 heavy (non-hydrogen) atoms. The Morgan fingerprint density at radius 1 is 1.35 bits per heavy atom. The lowest BCUT2D eigenvalue weighted by molar-refractivity contribution is 0.0697. The van der Waals surface area contributed by atoms with E-state index >= 15 is 0 Å². The highest BCUT2D eigenvalue weighted by Gasteiger charge is 2.11. The summed E-state index contributed by atoms with van der Waals surface area (Å²) in [5.74, 6) is -0.979. The van der Waals surface area contributed by atoms with Crippen molar-refractivity contribution < 1.29 is 9.90 Å². The number of fused-ring (bicyclic) bond motifs is 1. The largest absolute Gasteiger partial charge is 0.478 e. The van der Waals surface area contributed by atoms with Gasteiger partial charge in [0.05, 0.1) is 11.1 Å². The van der Waals surface area contributed by atoms with Gasteiger partial charge in [-0.2, -0.15) is 0 Å². The average Bonchev–Trinajstić information content (AvgIpc) is 2.84. The molecule has 0 saturated carbocycles. The van der Waals surface area contributed by atoms with Crippen molar-refractivity contribution in [1.82, 2.24) is 24.7 Å². The molecule has 0 aliphatic carbocycles. The predicted molar refractivity (Wildman–Crippen MR) is 71.6 cm³/mol. The molecule has 7 nitrogen and oxygen atoms in total. The second kappa shape index (κ2) is 4.89. The molecular formula is C12H9N5O2S. The lowest BCUT2D eigenvalue weighted by Gasteiger charge is -2.04. The summed E-state index contributed by atoms with van der Waals surface area (Å²) in [6.45, 7) is 0. The summed E-state index contributed by atoms with van der Waals surface area (Å²) in [7, 11) is 1.84. The van der Waals surface area contributed by atoms with Gasteiger partial charge in [0.25, 0.3) is 0 Å². The fourth-order valence-electron chi connectivity index (χ4n) is 1.70. The Kier molecular flexibility index (Phi) is 3.07. The first-order valence-corrected chi connectivity index (χ1v) is 6.46. The minimum atomic E-state index is -0.979. The van der Waals surface area contributed by atoms with Gasteiger partial charge in [-0.05, 0) is 30.0 Å². The zero-order valence-corrected chi connectivity index (χ0v) is 11.2. The smallest absolute Gasteiger partial charge is 0.335 e. The summed E-state index contributed by atoms with van der Waals surface area (Å²) in [5.41, 5.74) is 0.787. The molecule has 8 heteroatoms. The summed E-state index contributed by atoms with van der Waals surface area (Å²) >= 11 is 1.36. The van der Waals surface area contributed by atoms with Crippen molar-refractivity contribution in [2.45, 2.75) is 10.2 Å². The van der Waals surface area contributed by atoms with Crippen LogP contribution in [0.5, 0.6) is 0 Å². The molecule has 0 fully saturated rings.